The van der Waals surface area contributed by atoms with Gasteiger partial charge in [-0.15, -0.1) is 0 Å². The van der Waals surface area contributed by atoms with E-state index in [9.17, 15) is 17.6 Å². The number of carbonyl (C=O) groups is 1. The van der Waals surface area contributed by atoms with E-state index >= 15 is 0 Å². The molecule has 1 amide bonds. The van der Waals surface area contributed by atoms with Crippen LogP contribution in [0, 0.1) is 12.7 Å². The molecule has 6 nitrogen and oxygen atoms in total. The number of ether oxygens (including phenoxy) is 1. The van der Waals surface area contributed by atoms with Crippen LogP contribution in [0.4, 0.5) is 10.1 Å². The number of sulfonamides is 1. The zero-order valence-corrected chi connectivity index (χ0v) is 19.4. The van der Waals surface area contributed by atoms with E-state index in [1.807, 2.05) is 31.2 Å². The van der Waals surface area contributed by atoms with Crippen LogP contribution in [0.1, 0.15) is 17.5 Å². The lowest BCUT2D eigenvalue weighted by Gasteiger charge is -2.24. The van der Waals surface area contributed by atoms with Gasteiger partial charge in [-0.2, -0.15) is 0 Å². The van der Waals surface area contributed by atoms with Crippen LogP contribution in [-0.4, -0.2) is 34.5 Å². The maximum Gasteiger partial charge on any atom is 0.264 e. The van der Waals surface area contributed by atoms with E-state index in [1.165, 1.54) is 36.4 Å². The summed E-state index contributed by atoms with van der Waals surface area (Å²) in [6, 6.07) is 19.4. The van der Waals surface area contributed by atoms with Gasteiger partial charge in [-0.05, 0) is 61.7 Å². The summed E-state index contributed by atoms with van der Waals surface area (Å²) in [4.78, 5) is 12.6. The van der Waals surface area contributed by atoms with Gasteiger partial charge in [0.15, 0.2) is 0 Å². The van der Waals surface area contributed by atoms with Crippen LogP contribution in [0.5, 0.6) is 5.75 Å². The number of amides is 1. The van der Waals surface area contributed by atoms with Gasteiger partial charge in [0.2, 0.25) is 5.91 Å². The van der Waals surface area contributed by atoms with Crippen molar-refractivity contribution in [2.24, 2.45) is 0 Å². The molecule has 0 atom stereocenters. The van der Waals surface area contributed by atoms with Gasteiger partial charge in [0, 0.05) is 6.54 Å². The van der Waals surface area contributed by atoms with Gasteiger partial charge >= 0.3 is 0 Å². The van der Waals surface area contributed by atoms with Crippen LogP contribution in [-0.2, 0) is 21.2 Å². The highest BCUT2D eigenvalue weighted by Crippen LogP contribution is 2.26. The summed E-state index contributed by atoms with van der Waals surface area (Å²) >= 11 is 0. The number of hydrogen-bond donors (Lipinski definition) is 1. The van der Waals surface area contributed by atoms with Crippen LogP contribution >= 0.6 is 0 Å². The Bertz CT molecular complexity index is 1200. The predicted octanol–water partition coefficient (Wildman–Crippen LogP) is 4.09. The summed E-state index contributed by atoms with van der Waals surface area (Å²) in [5, 5.41) is 2.74. The highest BCUT2D eigenvalue weighted by molar-refractivity contribution is 7.92. The number of benzene rings is 3. The minimum absolute atomic E-state index is 0.0119. The van der Waals surface area contributed by atoms with Crippen LogP contribution in [0.15, 0.2) is 77.7 Å². The maximum absolute atomic E-state index is 14.5. The molecule has 0 radical (unpaired) electrons. The van der Waals surface area contributed by atoms with Crippen molar-refractivity contribution >= 4 is 21.6 Å². The molecule has 0 aromatic heterocycles. The molecule has 0 unspecified atom stereocenters. The third-order valence-corrected chi connectivity index (χ3v) is 6.89. The lowest BCUT2D eigenvalue weighted by Crippen LogP contribution is -2.41. The van der Waals surface area contributed by atoms with Crippen molar-refractivity contribution < 1.29 is 22.3 Å². The zero-order chi connectivity index (χ0) is 23.8. The highest BCUT2D eigenvalue weighted by atomic mass is 32.2. The Labute approximate surface area is 194 Å². The number of nitrogens with zero attached hydrogens (tertiary/aromatic N) is 1. The molecular weight excluding hydrogens is 443 g/mol. The molecule has 3 aromatic rings. The van der Waals surface area contributed by atoms with Gasteiger partial charge in [0.25, 0.3) is 10.0 Å². The number of halogens is 1. The van der Waals surface area contributed by atoms with Crippen molar-refractivity contribution in [3.63, 3.8) is 0 Å². The van der Waals surface area contributed by atoms with Gasteiger partial charge < -0.3 is 10.1 Å². The first kappa shape index (κ1) is 24.3. The van der Waals surface area contributed by atoms with Crippen molar-refractivity contribution in [3.8, 4) is 5.75 Å². The van der Waals surface area contributed by atoms with Crippen molar-refractivity contribution in [1.29, 1.82) is 0 Å². The Balaban J connectivity index is 1.70. The number of anilines is 1. The average Bonchev–Trinajstić information content (AvgIpc) is 2.81. The van der Waals surface area contributed by atoms with Crippen molar-refractivity contribution in [3.05, 3.63) is 89.7 Å². The third-order valence-electron chi connectivity index (χ3n) is 5.12. The van der Waals surface area contributed by atoms with E-state index in [0.29, 0.717) is 13.0 Å². The molecular formula is C25H27FN2O4S. The summed E-state index contributed by atoms with van der Waals surface area (Å²) in [6.45, 7) is 1.66. The summed E-state index contributed by atoms with van der Waals surface area (Å²) in [6.07, 6.45) is 1.37. The molecule has 0 fully saturated rings. The fourth-order valence-corrected chi connectivity index (χ4v) is 4.75. The standard InChI is InChI=1S/C25H27FN2O4S/c1-19-12-14-22(15-13-19)33(30,31)28(24-11-4-3-10-23(24)26)18-25(29)27-16-6-8-20-7-5-9-21(17-20)32-2/h3-5,7,9-15,17H,6,8,16,18H2,1-2H3,(H,27,29). The number of hydrogen-bond acceptors (Lipinski definition) is 4. The first-order valence-corrected chi connectivity index (χ1v) is 12.0. The molecule has 1 N–H and O–H groups in total. The molecule has 174 valence electrons. The Morgan fingerprint density at radius 1 is 1.03 bits per heavy atom. The topological polar surface area (TPSA) is 75.7 Å². The smallest absolute Gasteiger partial charge is 0.264 e. The van der Waals surface area contributed by atoms with Gasteiger partial charge in [-0.1, -0.05) is 42.0 Å². The third kappa shape index (κ3) is 6.32. The molecule has 33 heavy (non-hydrogen) atoms. The number of aryl methyl sites for hydroxylation is 2. The normalized spacial score (nSPS) is 11.1. The zero-order valence-electron chi connectivity index (χ0n) is 18.6. The maximum atomic E-state index is 14.5. The fourth-order valence-electron chi connectivity index (χ4n) is 3.33. The van der Waals surface area contributed by atoms with Crippen molar-refractivity contribution in [2.45, 2.75) is 24.7 Å². The van der Waals surface area contributed by atoms with Crippen LogP contribution < -0.4 is 14.4 Å². The summed E-state index contributed by atoms with van der Waals surface area (Å²) < 4.78 is 47.1. The number of nitrogens with one attached hydrogen (secondary N) is 1. The fraction of sp³-hybridized carbons (Fsp3) is 0.240. The number of para-hydroxylation sites is 1. The second-order valence-corrected chi connectivity index (χ2v) is 9.44. The summed E-state index contributed by atoms with van der Waals surface area (Å²) in [5.74, 6) is -0.475. The van der Waals surface area contributed by atoms with E-state index in [4.69, 9.17) is 4.74 Å². The molecule has 0 aliphatic carbocycles. The Kier molecular flexibility index (Phi) is 8.06. The van der Waals surface area contributed by atoms with E-state index in [-0.39, 0.29) is 10.6 Å². The summed E-state index contributed by atoms with van der Waals surface area (Å²) in [7, 11) is -2.55. The summed E-state index contributed by atoms with van der Waals surface area (Å²) in [5.41, 5.74) is 1.78. The Morgan fingerprint density at radius 3 is 2.45 bits per heavy atom. The molecule has 0 bridgehead atoms. The lowest BCUT2D eigenvalue weighted by atomic mass is 10.1. The van der Waals surface area contributed by atoms with Crippen molar-refractivity contribution in [1.82, 2.24) is 5.32 Å². The lowest BCUT2D eigenvalue weighted by molar-refractivity contribution is -0.119. The van der Waals surface area contributed by atoms with E-state index in [1.54, 1.807) is 19.2 Å². The first-order chi connectivity index (χ1) is 15.8. The minimum Gasteiger partial charge on any atom is -0.497 e. The molecule has 3 aromatic carbocycles. The molecule has 0 aliphatic rings. The Morgan fingerprint density at radius 2 is 1.76 bits per heavy atom. The van der Waals surface area contributed by atoms with Gasteiger partial charge in [0.05, 0.1) is 17.7 Å². The monoisotopic (exact) mass is 470 g/mol. The SMILES string of the molecule is COc1cccc(CCCNC(=O)CN(c2ccccc2F)S(=O)(=O)c2ccc(C)cc2)c1. The van der Waals surface area contributed by atoms with E-state index in [2.05, 4.69) is 5.32 Å². The number of methoxy groups -OCH3 is 1. The second-order valence-electron chi connectivity index (χ2n) is 7.58. The van der Waals surface area contributed by atoms with Crippen molar-refractivity contribution in [2.75, 3.05) is 24.5 Å². The molecule has 8 heteroatoms. The van der Waals surface area contributed by atoms with E-state index in [0.717, 1.165) is 27.6 Å². The second kappa shape index (κ2) is 11.0. The van der Waals surface area contributed by atoms with Crippen LogP contribution in [0.2, 0.25) is 0 Å². The van der Waals surface area contributed by atoms with E-state index < -0.39 is 28.3 Å². The number of rotatable bonds is 10. The van der Waals surface area contributed by atoms with Crippen LogP contribution in [0.3, 0.4) is 0 Å². The quantitative estimate of drug-likeness (QED) is 0.453. The van der Waals surface area contributed by atoms with Crippen LogP contribution in [0.25, 0.3) is 0 Å². The Hall–Kier alpha value is -3.39. The molecule has 0 spiro atoms. The van der Waals surface area contributed by atoms with Gasteiger partial charge in [-0.3, -0.25) is 9.10 Å². The molecule has 0 saturated heterocycles. The molecule has 0 aliphatic heterocycles. The molecule has 0 saturated carbocycles. The highest BCUT2D eigenvalue weighted by Gasteiger charge is 2.29. The van der Waals surface area contributed by atoms with Gasteiger partial charge in [0.1, 0.15) is 18.1 Å². The average molecular weight is 471 g/mol. The van der Waals surface area contributed by atoms with Gasteiger partial charge in [-0.25, -0.2) is 12.8 Å². The molecule has 0 heterocycles. The molecule has 3 rings (SSSR count). The minimum atomic E-state index is -4.15. The predicted molar refractivity (Wildman–Crippen MR) is 126 cm³/mol. The largest absolute Gasteiger partial charge is 0.497 e. The number of carbonyl (C=O) groups excluding carboxylic acids is 1. The first-order valence-electron chi connectivity index (χ1n) is 10.5.